The molecule has 0 bridgehead atoms. The van der Waals surface area contributed by atoms with Crippen LogP contribution in [0, 0.1) is 5.82 Å². The number of hydrogen-bond acceptors (Lipinski definition) is 7. The Kier molecular flexibility index (Phi) is 14.1. The molecule has 296 valence electrons. The second kappa shape index (κ2) is 18.3. The monoisotopic (exact) mass is 777 g/mol. The molecular formula is C39H42F7N5O4. The first-order valence-corrected chi connectivity index (χ1v) is 17.6. The average molecular weight is 778 g/mol. The number of amides is 3. The third kappa shape index (κ3) is 10.9. The van der Waals surface area contributed by atoms with Crippen LogP contribution >= 0.6 is 0 Å². The van der Waals surface area contributed by atoms with Crippen LogP contribution in [0.5, 0.6) is 0 Å². The number of benzene rings is 3. The molecular weight excluding hydrogens is 735 g/mol. The first-order chi connectivity index (χ1) is 25.9. The summed E-state index contributed by atoms with van der Waals surface area (Å²) in [5, 5.41) is 5.11. The van der Waals surface area contributed by atoms with Crippen molar-refractivity contribution >= 4 is 41.1 Å². The van der Waals surface area contributed by atoms with Gasteiger partial charge in [0.15, 0.2) is 6.29 Å². The van der Waals surface area contributed by atoms with Crippen LogP contribution in [0.4, 0.5) is 42.1 Å². The molecule has 0 spiro atoms. The molecule has 3 aromatic rings. The number of nitrogens with zero attached hydrogens (tertiary/aromatic N) is 2. The first kappa shape index (κ1) is 42.3. The molecule has 0 radical (unpaired) electrons. The number of aldehydes is 1. The molecule has 4 N–H and O–H groups in total. The summed E-state index contributed by atoms with van der Waals surface area (Å²) in [6.45, 7) is 0.333. The van der Waals surface area contributed by atoms with Crippen molar-refractivity contribution in [2.45, 2.75) is 76.2 Å². The Hall–Kier alpha value is -5.41. The molecule has 1 heterocycles. The molecule has 9 nitrogen and oxygen atoms in total. The number of carbonyl (C=O) groups excluding carboxylic acids is 4. The summed E-state index contributed by atoms with van der Waals surface area (Å²) in [5.74, 6) is -2.11. The van der Waals surface area contributed by atoms with E-state index in [1.807, 2.05) is 0 Å². The van der Waals surface area contributed by atoms with Gasteiger partial charge in [0.25, 0.3) is 5.91 Å². The van der Waals surface area contributed by atoms with Crippen molar-refractivity contribution < 1.29 is 49.9 Å². The molecule has 0 saturated carbocycles. The number of imide groups is 1. The molecule has 1 unspecified atom stereocenters. The number of halogens is 7. The number of anilines is 2. The Balaban J connectivity index is 1.33. The highest BCUT2D eigenvalue weighted by molar-refractivity contribution is 6.06. The van der Waals surface area contributed by atoms with Crippen LogP contribution in [0.15, 0.2) is 60.8 Å². The number of nitrogens with one attached hydrogen (secondary N) is 2. The van der Waals surface area contributed by atoms with Gasteiger partial charge in [0.05, 0.1) is 28.1 Å². The van der Waals surface area contributed by atoms with Crippen molar-refractivity contribution in [2.24, 2.45) is 5.73 Å². The zero-order valence-electron chi connectivity index (χ0n) is 30.2. The van der Waals surface area contributed by atoms with Gasteiger partial charge < -0.3 is 20.9 Å². The second-order valence-corrected chi connectivity index (χ2v) is 13.3. The summed E-state index contributed by atoms with van der Waals surface area (Å²) in [5.41, 5.74) is 2.72. The number of rotatable bonds is 16. The lowest BCUT2D eigenvalue weighted by atomic mass is 9.94. The predicted octanol–water partition coefficient (Wildman–Crippen LogP) is 7.75. The molecule has 1 atom stereocenters. The van der Waals surface area contributed by atoms with E-state index in [-0.39, 0.29) is 41.4 Å². The van der Waals surface area contributed by atoms with Crippen LogP contribution in [0.3, 0.4) is 0 Å². The molecule has 1 fully saturated rings. The fraction of sp³-hybridized carbons (Fsp3) is 0.385. The molecule has 3 aromatic carbocycles. The van der Waals surface area contributed by atoms with Gasteiger partial charge in [-0.25, -0.2) is 4.39 Å². The Bertz CT molecular complexity index is 1890. The topological polar surface area (TPSA) is 125 Å². The fourth-order valence-electron chi connectivity index (χ4n) is 6.46. The minimum absolute atomic E-state index is 0.0309. The van der Waals surface area contributed by atoms with E-state index in [0.29, 0.717) is 43.7 Å². The maximum absolute atomic E-state index is 14.2. The lowest BCUT2D eigenvalue weighted by Gasteiger charge is -2.30. The standard InChI is InChI=1S/C39H42F7N5O4/c1-50(28-15-13-27(40)14-16-28)35-29(20-26(38(41,42)43)21-30(35)39(44,45)46)31(47)22-48-19-8-6-4-3-5-7-10-24-11-9-12-25(23-52)34(24)37(55)51(2)32-17-18-33(53)49-36(32)54/h9,11-16,20-23,32,48H,3-8,10,17-19,47H2,1-2H3,(H,49,53,54)/b31-22-. The summed E-state index contributed by atoms with van der Waals surface area (Å²) in [6, 6.07) is 9.16. The molecule has 0 aromatic heterocycles. The van der Waals surface area contributed by atoms with Crippen molar-refractivity contribution in [3.05, 3.63) is 100.0 Å². The number of aryl methyl sites for hydroxylation is 1. The van der Waals surface area contributed by atoms with Crippen LogP contribution in [0.2, 0.25) is 0 Å². The average Bonchev–Trinajstić information content (AvgIpc) is 3.13. The lowest BCUT2D eigenvalue weighted by Crippen LogP contribution is -2.53. The summed E-state index contributed by atoms with van der Waals surface area (Å²) in [7, 11) is 2.69. The molecule has 1 aliphatic heterocycles. The third-order valence-electron chi connectivity index (χ3n) is 9.40. The highest BCUT2D eigenvalue weighted by Crippen LogP contribution is 2.45. The summed E-state index contributed by atoms with van der Waals surface area (Å²) >= 11 is 0. The smallest absolute Gasteiger partial charge is 0.397 e. The van der Waals surface area contributed by atoms with E-state index >= 15 is 0 Å². The van der Waals surface area contributed by atoms with E-state index in [4.69, 9.17) is 5.73 Å². The Morgan fingerprint density at radius 3 is 2.20 bits per heavy atom. The normalized spacial score (nSPS) is 15.1. The Morgan fingerprint density at radius 1 is 0.927 bits per heavy atom. The van der Waals surface area contributed by atoms with Gasteiger partial charge in [0.1, 0.15) is 11.9 Å². The van der Waals surface area contributed by atoms with Crippen LogP contribution in [-0.2, 0) is 28.4 Å². The quantitative estimate of drug-likeness (QED) is 0.0588. The maximum Gasteiger partial charge on any atom is 0.418 e. The van der Waals surface area contributed by atoms with Crippen molar-refractivity contribution in [3.63, 3.8) is 0 Å². The van der Waals surface area contributed by atoms with Crippen LogP contribution in [0.1, 0.15) is 94.3 Å². The van der Waals surface area contributed by atoms with Gasteiger partial charge in [0.2, 0.25) is 11.8 Å². The van der Waals surface area contributed by atoms with E-state index in [1.54, 1.807) is 12.1 Å². The third-order valence-corrected chi connectivity index (χ3v) is 9.40. The van der Waals surface area contributed by atoms with Gasteiger partial charge in [-0.3, -0.25) is 24.5 Å². The molecule has 0 aliphatic carbocycles. The van der Waals surface area contributed by atoms with E-state index in [2.05, 4.69) is 10.6 Å². The number of carbonyl (C=O) groups is 4. The van der Waals surface area contributed by atoms with E-state index in [0.717, 1.165) is 42.7 Å². The van der Waals surface area contributed by atoms with Crippen molar-refractivity contribution in [1.29, 1.82) is 0 Å². The van der Waals surface area contributed by atoms with E-state index in [1.165, 1.54) is 43.4 Å². The maximum atomic E-state index is 14.2. The minimum atomic E-state index is -5.18. The van der Waals surface area contributed by atoms with Crippen molar-refractivity contribution in [3.8, 4) is 0 Å². The molecule has 4 rings (SSSR count). The van der Waals surface area contributed by atoms with Gasteiger partial charge in [-0.15, -0.1) is 0 Å². The van der Waals surface area contributed by atoms with Crippen molar-refractivity contribution in [1.82, 2.24) is 15.5 Å². The fourth-order valence-corrected chi connectivity index (χ4v) is 6.46. The number of piperidine rings is 1. The number of nitrogens with two attached hydrogens (primary N) is 1. The second-order valence-electron chi connectivity index (χ2n) is 13.3. The molecule has 55 heavy (non-hydrogen) atoms. The molecule has 16 heteroatoms. The highest BCUT2D eigenvalue weighted by Gasteiger charge is 2.41. The number of unbranched alkanes of at least 4 members (excludes halogenated alkanes) is 5. The van der Waals surface area contributed by atoms with Gasteiger partial charge in [-0.05, 0) is 67.6 Å². The van der Waals surface area contributed by atoms with Crippen LogP contribution < -0.4 is 21.3 Å². The number of hydrogen-bond donors (Lipinski definition) is 3. The van der Waals surface area contributed by atoms with Gasteiger partial charge >= 0.3 is 12.4 Å². The number of alkyl halides is 6. The zero-order chi connectivity index (χ0) is 40.5. The zero-order valence-corrected chi connectivity index (χ0v) is 30.2. The largest absolute Gasteiger partial charge is 0.418 e. The minimum Gasteiger partial charge on any atom is -0.397 e. The van der Waals surface area contributed by atoms with Crippen LogP contribution in [-0.4, -0.2) is 55.6 Å². The van der Waals surface area contributed by atoms with Crippen LogP contribution in [0.25, 0.3) is 5.70 Å². The number of likely N-dealkylation sites (N-methyl/N-ethyl adjacent to an activating group) is 1. The summed E-state index contributed by atoms with van der Waals surface area (Å²) in [6.07, 6.45) is -3.22. The summed E-state index contributed by atoms with van der Waals surface area (Å²) < 4.78 is 97.4. The van der Waals surface area contributed by atoms with Gasteiger partial charge in [-0.2, -0.15) is 26.3 Å². The van der Waals surface area contributed by atoms with Gasteiger partial charge in [0, 0.05) is 50.1 Å². The van der Waals surface area contributed by atoms with Crippen molar-refractivity contribution in [2.75, 3.05) is 25.5 Å². The Labute approximate surface area is 313 Å². The first-order valence-electron chi connectivity index (χ1n) is 17.6. The van der Waals surface area contributed by atoms with E-state index < -0.39 is 64.3 Å². The predicted molar refractivity (Wildman–Crippen MR) is 193 cm³/mol. The highest BCUT2D eigenvalue weighted by atomic mass is 19.4. The lowest BCUT2D eigenvalue weighted by molar-refractivity contribution is -0.143. The molecule has 3 amide bonds. The Morgan fingerprint density at radius 2 is 1.58 bits per heavy atom. The SMILES string of the molecule is CN(c1ccc(F)cc1)c1c(/C(N)=C/NCCCCCCCCc2cccc(C=O)c2C(=O)N(C)C2CCC(=O)NC2=O)cc(C(F)(F)F)cc1C(F)(F)F. The van der Waals surface area contributed by atoms with E-state index in [9.17, 15) is 49.9 Å². The molecule has 1 saturated heterocycles. The summed E-state index contributed by atoms with van der Waals surface area (Å²) in [4.78, 5) is 51.5. The van der Waals surface area contributed by atoms with Gasteiger partial charge in [-0.1, -0.05) is 43.9 Å². The molecule has 1 aliphatic rings.